The summed E-state index contributed by atoms with van der Waals surface area (Å²) in [5, 5.41) is 9.16. The Hall–Kier alpha value is -0.820. The van der Waals surface area contributed by atoms with Gasteiger partial charge in [-0.15, -0.1) is 0 Å². The maximum absolute atomic E-state index is 9.16. The first-order chi connectivity index (χ1) is 8.02. The SMILES string of the molecule is CC(C)(C)c1ccc(C(CCO)C2CC2)cc1. The van der Waals surface area contributed by atoms with Gasteiger partial charge in [-0.1, -0.05) is 45.0 Å². The average Bonchev–Trinajstić information content (AvgIpc) is 3.09. The van der Waals surface area contributed by atoms with Crippen molar-refractivity contribution < 1.29 is 5.11 Å². The van der Waals surface area contributed by atoms with Crippen LogP contribution in [0.25, 0.3) is 0 Å². The molecular weight excluding hydrogens is 208 g/mol. The molecular formula is C16H24O. The van der Waals surface area contributed by atoms with Crippen molar-refractivity contribution >= 4 is 0 Å². The lowest BCUT2D eigenvalue weighted by Crippen LogP contribution is -2.11. The minimum atomic E-state index is 0.227. The maximum atomic E-state index is 9.16. The van der Waals surface area contributed by atoms with Gasteiger partial charge in [-0.25, -0.2) is 0 Å². The van der Waals surface area contributed by atoms with Crippen molar-refractivity contribution in [3.05, 3.63) is 35.4 Å². The summed E-state index contributed by atoms with van der Waals surface area (Å²) in [5.74, 6) is 1.40. The van der Waals surface area contributed by atoms with Gasteiger partial charge < -0.3 is 5.11 Å². The van der Waals surface area contributed by atoms with Crippen LogP contribution in [0.5, 0.6) is 0 Å². The van der Waals surface area contributed by atoms with E-state index in [0.717, 1.165) is 12.3 Å². The van der Waals surface area contributed by atoms with E-state index in [-0.39, 0.29) is 5.41 Å². The molecule has 1 aliphatic rings. The van der Waals surface area contributed by atoms with Crippen LogP contribution in [0.2, 0.25) is 0 Å². The quantitative estimate of drug-likeness (QED) is 0.835. The third-order valence-corrected chi connectivity index (χ3v) is 3.84. The van der Waals surface area contributed by atoms with Gasteiger partial charge in [0.1, 0.15) is 0 Å². The molecule has 17 heavy (non-hydrogen) atoms. The smallest absolute Gasteiger partial charge is 0.0436 e. The molecule has 0 bridgehead atoms. The highest BCUT2D eigenvalue weighted by molar-refractivity contribution is 5.30. The number of hydrogen-bond acceptors (Lipinski definition) is 1. The van der Waals surface area contributed by atoms with Crippen LogP contribution in [0.3, 0.4) is 0 Å². The van der Waals surface area contributed by atoms with E-state index >= 15 is 0 Å². The molecule has 1 aromatic rings. The van der Waals surface area contributed by atoms with Crippen molar-refractivity contribution in [3.8, 4) is 0 Å². The largest absolute Gasteiger partial charge is 0.396 e. The van der Waals surface area contributed by atoms with Gasteiger partial charge in [-0.2, -0.15) is 0 Å². The van der Waals surface area contributed by atoms with Crippen LogP contribution >= 0.6 is 0 Å². The molecule has 1 aromatic carbocycles. The van der Waals surface area contributed by atoms with Gasteiger partial charge in [-0.3, -0.25) is 0 Å². The molecule has 1 fully saturated rings. The Labute approximate surface area is 105 Å². The zero-order valence-corrected chi connectivity index (χ0v) is 11.2. The molecule has 0 spiro atoms. The summed E-state index contributed by atoms with van der Waals surface area (Å²) in [7, 11) is 0. The normalized spacial score (nSPS) is 18.1. The van der Waals surface area contributed by atoms with Gasteiger partial charge >= 0.3 is 0 Å². The van der Waals surface area contributed by atoms with E-state index in [9.17, 15) is 0 Å². The molecule has 2 rings (SSSR count). The van der Waals surface area contributed by atoms with Gasteiger partial charge in [0.15, 0.2) is 0 Å². The lowest BCUT2D eigenvalue weighted by Gasteiger charge is -2.21. The molecule has 0 aliphatic heterocycles. The molecule has 94 valence electrons. The minimum absolute atomic E-state index is 0.227. The molecule has 1 unspecified atom stereocenters. The Kier molecular flexibility index (Phi) is 3.58. The van der Waals surface area contributed by atoms with E-state index in [1.54, 1.807) is 0 Å². The Morgan fingerprint density at radius 1 is 1.18 bits per heavy atom. The molecule has 1 aliphatic carbocycles. The van der Waals surface area contributed by atoms with E-state index in [4.69, 9.17) is 5.11 Å². The molecule has 1 heteroatoms. The Balaban J connectivity index is 2.15. The zero-order chi connectivity index (χ0) is 12.5. The number of aliphatic hydroxyl groups excluding tert-OH is 1. The van der Waals surface area contributed by atoms with Crippen LogP contribution in [0, 0.1) is 5.92 Å². The van der Waals surface area contributed by atoms with Crippen LogP contribution < -0.4 is 0 Å². The number of rotatable bonds is 4. The fourth-order valence-corrected chi connectivity index (χ4v) is 2.54. The maximum Gasteiger partial charge on any atom is 0.0436 e. The monoisotopic (exact) mass is 232 g/mol. The van der Waals surface area contributed by atoms with Crippen LogP contribution in [0.1, 0.15) is 57.1 Å². The number of aliphatic hydroxyl groups is 1. The Morgan fingerprint density at radius 2 is 1.76 bits per heavy atom. The highest BCUT2D eigenvalue weighted by atomic mass is 16.3. The van der Waals surface area contributed by atoms with Crippen molar-refractivity contribution in [2.45, 2.75) is 51.4 Å². The fraction of sp³-hybridized carbons (Fsp3) is 0.625. The second-order valence-corrected chi connectivity index (χ2v) is 6.33. The predicted octanol–water partition coefficient (Wildman–Crippen LogP) is 3.86. The third kappa shape index (κ3) is 3.10. The van der Waals surface area contributed by atoms with E-state index in [2.05, 4.69) is 45.0 Å². The molecule has 1 nitrogen and oxygen atoms in total. The van der Waals surface area contributed by atoms with E-state index in [0.29, 0.717) is 12.5 Å². The van der Waals surface area contributed by atoms with Crippen LogP contribution in [0.15, 0.2) is 24.3 Å². The molecule has 0 amide bonds. The van der Waals surface area contributed by atoms with Crippen LogP contribution in [-0.2, 0) is 5.41 Å². The number of hydrogen-bond donors (Lipinski definition) is 1. The lowest BCUT2D eigenvalue weighted by atomic mass is 9.84. The summed E-state index contributed by atoms with van der Waals surface area (Å²) >= 11 is 0. The standard InChI is InChI=1S/C16H24O/c1-16(2,3)14-8-6-13(7-9-14)15(10-11-17)12-4-5-12/h6-9,12,15,17H,4-5,10-11H2,1-3H3. The van der Waals surface area contributed by atoms with Crippen molar-refractivity contribution in [2.24, 2.45) is 5.92 Å². The summed E-state index contributed by atoms with van der Waals surface area (Å²) in [4.78, 5) is 0. The first-order valence-corrected chi connectivity index (χ1v) is 6.73. The van der Waals surface area contributed by atoms with Gasteiger partial charge in [0.05, 0.1) is 0 Å². The second kappa shape index (κ2) is 4.81. The summed E-state index contributed by atoms with van der Waals surface area (Å²) < 4.78 is 0. The van der Waals surface area contributed by atoms with Crippen LogP contribution in [0.4, 0.5) is 0 Å². The van der Waals surface area contributed by atoms with E-state index in [1.165, 1.54) is 24.0 Å². The van der Waals surface area contributed by atoms with Crippen molar-refractivity contribution in [3.63, 3.8) is 0 Å². The van der Waals surface area contributed by atoms with Crippen molar-refractivity contribution in [2.75, 3.05) is 6.61 Å². The summed E-state index contributed by atoms with van der Waals surface area (Å²) in [6, 6.07) is 9.03. The highest BCUT2D eigenvalue weighted by Crippen LogP contribution is 2.44. The molecule has 1 atom stereocenters. The Morgan fingerprint density at radius 3 is 2.18 bits per heavy atom. The van der Waals surface area contributed by atoms with Gasteiger partial charge in [0, 0.05) is 6.61 Å². The molecule has 0 heterocycles. The molecule has 0 radical (unpaired) electrons. The van der Waals surface area contributed by atoms with E-state index < -0.39 is 0 Å². The van der Waals surface area contributed by atoms with Gasteiger partial charge in [-0.05, 0) is 47.6 Å². The second-order valence-electron chi connectivity index (χ2n) is 6.33. The third-order valence-electron chi connectivity index (χ3n) is 3.84. The highest BCUT2D eigenvalue weighted by Gasteiger charge is 2.31. The Bertz CT molecular complexity index is 354. The molecule has 0 saturated heterocycles. The van der Waals surface area contributed by atoms with E-state index in [1.807, 2.05) is 0 Å². The summed E-state index contributed by atoms with van der Waals surface area (Å²) in [6.45, 7) is 7.04. The minimum Gasteiger partial charge on any atom is -0.396 e. The first-order valence-electron chi connectivity index (χ1n) is 6.73. The van der Waals surface area contributed by atoms with Crippen molar-refractivity contribution in [1.82, 2.24) is 0 Å². The van der Waals surface area contributed by atoms with Gasteiger partial charge in [0.2, 0.25) is 0 Å². The molecule has 1 saturated carbocycles. The average molecular weight is 232 g/mol. The van der Waals surface area contributed by atoms with Crippen LogP contribution in [-0.4, -0.2) is 11.7 Å². The first kappa shape index (κ1) is 12.6. The van der Waals surface area contributed by atoms with Crippen molar-refractivity contribution in [1.29, 1.82) is 0 Å². The lowest BCUT2D eigenvalue weighted by molar-refractivity contribution is 0.270. The van der Waals surface area contributed by atoms with Gasteiger partial charge in [0.25, 0.3) is 0 Å². The number of benzene rings is 1. The molecule has 1 N–H and O–H groups in total. The zero-order valence-electron chi connectivity index (χ0n) is 11.2. The summed E-state index contributed by atoms with van der Waals surface area (Å²) in [6.07, 6.45) is 3.59. The predicted molar refractivity (Wildman–Crippen MR) is 72.3 cm³/mol. The molecule has 0 aromatic heterocycles. The topological polar surface area (TPSA) is 20.2 Å². The fourth-order valence-electron chi connectivity index (χ4n) is 2.54. The summed E-state index contributed by atoms with van der Waals surface area (Å²) in [5.41, 5.74) is 3.03.